The minimum absolute atomic E-state index is 0.138. The van der Waals surface area contributed by atoms with E-state index in [0.29, 0.717) is 5.82 Å². The Morgan fingerprint density at radius 2 is 2.20 bits per heavy atom. The van der Waals surface area contributed by atoms with Gasteiger partial charge in [-0.25, -0.2) is 13.4 Å². The summed E-state index contributed by atoms with van der Waals surface area (Å²) in [4.78, 5) is 20.9. The molecule has 1 aromatic carbocycles. The van der Waals surface area contributed by atoms with Gasteiger partial charge in [0, 0.05) is 7.05 Å². The van der Waals surface area contributed by atoms with E-state index < -0.39 is 22.0 Å². The largest absolute Gasteiger partial charge is 0.390 e. The van der Waals surface area contributed by atoms with E-state index in [4.69, 9.17) is 4.74 Å². The molecule has 3 rings (SSSR count). The maximum absolute atomic E-state index is 12.2. The molecule has 1 aliphatic rings. The highest BCUT2D eigenvalue weighted by molar-refractivity contribution is 7.91. The summed E-state index contributed by atoms with van der Waals surface area (Å²) in [7, 11) is -1.83. The minimum Gasteiger partial charge on any atom is -0.390 e. The number of aliphatic hydroxyl groups is 1. The number of hydrogen-bond acceptors (Lipinski definition) is 6. The van der Waals surface area contributed by atoms with Crippen LogP contribution < -0.4 is 0 Å². The third-order valence-corrected chi connectivity index (χ3v) is 6.03. The molecule has 2 unspecified atom stereocenters. The number of carbonyl (C=O) groups excluding carboxylic acids is 1. The van der Waals surface area contributed by atoms with Crippen molar-refractivity contribution in [3.63, 3.8) is 0 Å². The third-order valence-electron chi connectivity index (χ3n) is 4.34. The van der Waals surface area contributed by atoms with Gasteiger partial charge in [0.2, 0.25) is 5.91 Å². The van der Waals surface area contributed by atoms with Crippen LogP contribution in [-0.4, -0.2) is 71.6 Å². The molecule has 1 aromatic heterocycles. The first-order valence-corrected chi connectivity index (χ1v) is 9.74. The number of carbonyl (C=O) groups is 1. The number of H-pyrrole nitrogens is 1. The SMILES string of the molecule is Cc1ccc2nc(COCC(=O)N(C)C3CS(=O)(=O)CC3O)[nH]c2c1. The van der Waals surface area contributed by atoms with Crippen LogP contribution in [0.25, 0.3) is 11.0 Å². The first-order chi connectivity index (χ1) is 11.7. The lowest BCUT2D eigenvalue weighted by Crippen LogP contribution is -2.45. The van der Waals surface area contributed by atoms with E-state index in [2.05, 4.69) is 9.97 Å². The number of aromatic amines is 1. The lowest BCUT2D eigenvalue weighted by atomic mass is 10.2. The van der Waals surface area contributed by atoms with Crippen molar-refractivity contribution in [2.45, 2.75) is 25.7 Å². The Labute approximate surface area is 145 Å². The molecular formula is C16H21N3O5S. The fourth-order valence-electron chi connectivity index (χ4n) is 2.95. The summed E-state index contributed by atoms with van der Waals surface area (Å²) in [6, 6.07) is 5.13. The van der Waals surface area contributed by atoms with Crippen molar-refractivity contribution in [1.82, 2.24) is 14.9 Å². The van der Waals surface area contributed by atoms with E-state index in [0.717, 1.165) is 16.6 Å². The Morgan fingerprint density at radius 3 is 2.88 bits per heavy atom. The second kappa shape index (κ2) is 6.74. The summed E-state index contributed by atoms with van der Waals surface area (Å²) in [5.41, 5.74) is 2.85. The maximum atomic E-state index is 12.2. The van der Waals surface area contributed by atoms with Crippen LogP contribution in [0.15, 0.2) is 18.2 Å². The summed E-state index contributed by atoms with van der Waals surface area (Å²) < 4.78 is 28.5. The van der Waals surface area contributed by atoms with E-state index in [-0.39, 0.29) is 30.6 Å². The monoisotopic (exact) mass is 367 g/mol. The maximum Gasteiger partial charge on any atom is 0.248 e. The average molecular weight is 367 g/mol. The Balaban J connectivity index is 1.55. The van der Waals surface area contributed by atoms with Crippen LogP contribution in [0, 0.1) is 6.92 Å². The molecule has 136 valence electrons. The molecule has 2 aromatic rings. The zero-order valence-electron chi connectivity index (χ0n) is 14.1. The topological polar surface area (TPSA) is 113 Å². The number of amides is 1. The fourth-order valence-corrected chi connectivity index (χ4v) is 4.79. The van der Waals surface area contributed by atoms with Gasteiger partial charge in [-0.3, -0.25) is 4.79 Å². The fraction of sp³-hybridized carbons (Fsp3) is 0.500. The van der Waals surface area contributed by atoms with Gasteiger partial charge in [-0.2, -0.15) is 0 Å². The number of sulfone groups is 1. The van der Waals surface area contributed by atoms with E-state index in [1.165, 1.54) is 11.9 Å². The quantitative estimate of drug-likeness (QED) is 0.769. The lowest BCUT2D eigenvalue weighted by Gasteiger charge is -2.25. The number of likely N-dealkylation sites (N-methyl/N-ethyl adjacent to an activating group) is 1. The van der Waals surface area contributed by atoms with E-state index in [1.54, 1.807) is 0 Å². The predicted molar refractivity (Wildman–Crippen MR) is 91.7 cm³/mol. The van der Waals surface area contributed by atoms with Crippen molar-refractivity contribution >= 4 is 26.8 Å². The number of fused-ring (bicyclic) bond motifs is 1. The molecule has 8 nitrogen and oxygen atoms in total. The molecule has 2 heterocycles. The molecule has 0 radical (unpaired) electrons. The Kier molecular flexibility index (Phi) is 4.81. The second-order valence-corrected chi connectivity index (χ2v) is 8.57. The summed E-state index contributed by atoms with van der Waals surface area (Å²) in [6.07, 6.45) is -1.06. The van der Waals surface area contributed by atoms with Crippen molar-refractivity contribution in [3.05, 3.63) is 29.6 Å². The molecule has 2 N–H and O–H groups in total. The molecule has 1 aliphatic heterocycles. The molecule has 0 bridgehead atoms. The van der Waals surface area contributed by atoms with Crippen LogP contribution in [0.3, 0.4) is 0 Å². The van der Waals surface area contributed by atoms with E-state index in [9.17, 15) is 18.3 Å². The van der Waals surface area contributed by atoms with Crippen molar-refractivity contribution < 1.29 is 23.1 Å². The summed E-state index contributed by atoms with van der Waals surface area (Å²) >= 11 is 0. The minimum atomic E-state index is -3.30. The molecule has 25 heavy (non-hydrogen) atoms. The second-order valence-electron chi connectivity index (χ2n) is 6.41. The number of ether oxygens (including phenoxy) is 1. The molecule has 0 aliphatic carbocycles. The van der Waals surface area contributed by atoms with Crippen LogP contribution in [0.5, 0.6) is 0 Å². The smallest absolute Gasteiger partial charge is 0.248 e. The van der Waals surface area contributed by atoms with Crippen LogP contribution in [0.2, 0.25) is 0 Å². The molecule has 2 atom stereocenters. The normalized spacial score (nSPS) is 22.4. The first kappa shape index (κ1) is 17.8. The summed E-state index contributed by atoms with van der Waals surface area (Å²) in [5.74, 6) is -0.305. The molecule has 0 spiro atoms. The van der Waals surface area contributed by atoms with Gasteiger partial charge in [0.1, 0.15) is 19.0 Å². The van der Waals surface area contributed by atoms with Gasteiger partial charge in [-0.15, -0.1) is 0 Å². The molecule has 1 amide bonds. The lowest BCUT2D eigenvalue weighted by molar-refractivity contribution is -0.138. The number of aryl methyl sites for hydroxylation is 1. The van der Waals surface area contributed by atoms with Gasteiger partial charge in [0.25, 0.3) is 0 Å². The van der Waals surface area contributed by atoms with E-state index in [1.807, 2.05) is 25.1 Å². The highest BCUT2D eigenvalue weighted by Gasteiger charge is 2.40. The zero-order chi connectivity index (χ0) is 18.2. The number of nitrogens with one attached hydrogen (secondary N) is 1. The molecule has 9 heteroatoms. The summed E-state index contributed by atoms with van der Waals surface area (Å²) in [6.45, 7) is 1.91. The number of aromatic nitrogens is 2. The molecule has 1 saturated heterocycles. The highest BCUT2D eigenvalue weighted by atomic mass is 32.2. The number of imidazole rings is 1. The Morgan fingerprint density at radius 1 is 1.44 bits per heavy atom. The number of hydrogen-bond donors (Lipinski definition) is 2. The van der Waals surface area contributed by atoms with Gasteiger partial charge in [-0.1, -0.05) is 6.07 Å². The molecule has 0 saturated carbocycles. The third kappa shape index (κ3) is 4.00. The van der Waals surface area contributed by atoms with Crippen molar-refractivity contribution in [3.8, 4) is 0 Å². The summed E-state index contributed by atoms with van der Waals surface area (Å²) in [5, 5.41) is 9.82. The number of nitrogens with zero attached hydrogens (tertiary/aromatic N) is 2. The number of rotatable bonds is 5. The van der Waals surface area contributed by atoms with Gasteiger partial charge in [-0.05, 0) is 24.6 Å². The van der Waals surface area contributed by atoms with Gasteiger partial charge < -0.3 is 19.7 Å². The van der Waals surface area contributed by atoms with Crippen LogP contribution in [0.4, 0.5) is 0 Å². The Bertz CT molecular complexity index is 892. The predicted octanol–water partition coefficient (Wildman–Crippen LogP) is 0.00422. The van der Waals surface area contributed by atoms with Gasteiger partial charge in [0.05, 0.1) is 34.7 Å². The standard InChI is InChI=1S/C16H21N3O5S/c1-10-3-4-11-12(5-10)18-15(17-11)6-24-7-16(21)19(2)13-8-25(22,23)9-14(13)20/h3-5,13-14,20H,6-9H2,1-2H3,(H,17,18). The van der Waals surface area contributed by atoms with Crippen molar-refractivity contribution in [2.24, 2.45) is 0 Å². The molecule has 1 fully saturated rings. The Hall–Kier alpha value is -1.97. The number of benzene rings is 1. The van der Waals surface area contributed by atoms with Gasteiger partial charge >= 0.3 is 0 Å². The van der Waals surface area contributed by atoms with E-state index >= 15 is 0 Å². The zero-order valence-corrected chi connectivity index (χ0v) is 14.9. The van der Waals surface area contributed by atoms with Crippen LogP contribution in [0.1, 0.15) is 11.4 Å². The van der Waals surface area contributed by atoms with Crippen molar-refractivity contribution in [2.75, 3.05) is 25.2 Å². The van der Waals surface area contributed by atoms with Gasteiger partial charge in [0.15, 0.2) is 9.84 Å². The highest BCUT2D eigenvalue weighted by Crippen LogP contribution is 2.18. The average Bonchev–Trinajstić information content (AvgIpc) is 3.05. The van der Waals surface area contributed by atoms with Crippen LogP contribution in [-0.2, 0) is 26.0 Å². The van der Waals surface area contributed by atoms with Crippen LogP contribution >= 0.6 is 0 Å². The first-order valence-electron chi connectivity index (χ1n) is 7.92. The molecular weight excluding hydrogens is 346 g/mol. The van der Waals surface area contributed by atoms with Crippen molar-refractivity contribution in [1.29, 1.82) is 0 Å². The number of aliphatic hydroxyl groups excluding tert-OH is 1.